The van der Waals surface area contributed by atoms with E-state index < -0.39 is 6.10 Å². The van der Waals surface area contributed by atoms with Crippen LogP contribution in [0.4, 0.5) is 0 Å². The van der Waals surface area contributed by atoms with Gasteiger partial charge in [-0.1, -0.05) is 42.3 Å². The minimum absolute atomic E-state index is 0.0906. The fourth-order valence-corrected chi connectivity index (χ4v) is 3.37. The number of benzene rings is 2. The van der Waals surface area contributed by atoms with E-state index in [-0.39, 0.29) is 5.91 Å². The Morgan fingerprint density at radius 3 is 2.58 bits per heavy atom. The number of ether oxygens (including phenoxy) is 1. The van der Waals surface area contributed by atoms with Crippen molar-refractivity contribution in [3.8, 4) is 5.75 Å². The third-order valence-electron chi connectivity index (χ3n) is 3.80. The second kappa shape index (κ2) is 10.7. The van der Waals surface area contributed by atoms with Crippen LogP contribution in [-0.2, 0) is 10.5 Å². The lowest BCUT2D eigenvalue weighted by Gasteiger charge is -2.17. The molecule has 1 unspecified atom stereocenters. The molecule has 1 amide bonds. The van der Waals surface area contributed by atoms with Gasteiger partial charge in [0.15, 0.2) is 6.10 Å². The van der Waals surface area contributed by atoms with Crippen molar-refractivity contribution in [3.05, 3.63) is 63.6 Å². The second-order valence-corrected chi connectivity index (χ2v) is 7.84. The zero-order valence-electron chi connectivity index (χ0n) is 14.9. The Kier molecular flexibility index (Phi) is 8.63. The van der Waals surface area contributed by atoms with Crippen LogP contribution in [-0.4, -0.2) is 24.3 Å². The number of hydrogen-bond acceptors (Lipinski definition) is 3. The standard InChI is InChI=1S/C20H23Cl2NO2S/c1-3-19(25-17-8-9-18(22)14(2)12-17)20(24)23-10-11-26-13-15-4-6-16(21)7-5-15/h4-9,12,19H,3,10-11,13H2,1-2H3,(H,23,24). The number of rotatable bonds is 9. The smallest absolute Gasteiger partial charge is 0.261 e. The van der Waals surface area contributed by atoms with E-state index in [1.54, 1.807) is 23.9 Å². The van der Waals surface area contributed by atoms with Gasteiger partial charge < -0.3 is 10.1 Å². The summed E-state index contributed by atoms with van der Waals surface area (Å²) in [5.74, 6) is 2.30. The van der Waals surface area contributed by atoms with Crippen LogP contribution in [0.15, 0.2) is 42.5 Å². The first-order valence-corrected chi connectivity index (χ1v) is 10.4. The first kappa shape index (κ1) is 20.9. The molecule has 0 radical (unpaired) electrons. The minimum Gasteiger partial charge on any atom is -0.481 e. The van der Waals surface area contributed by atoms with Crippen molar-refractivity contribution >= 4 is 40.9 Å². The van der Waals surface area contributed by atoms with E-state index in [4.69, 9.17) is 27.9 Å². The number of carbonyl (C=O) groups is 1. The lowest BCUT2D eigenvalue weighted by Crippen LogP contribution is -2.39. The topological polar surface area (TPSA) is 38.3 Å². The molecule has 0 aliphatic rings. The van der Waals surface area contributed by atoms with Gasteiger partial charge >= 0.3 is 0 Å². The molecule has 0 aromatic heterocycles. The number of aryl methyl sites for hydroxylation is 1. The first-order valence-electron chi connectivity index (χ1n) is 8.52. The summed E-state index contributed by atoms with van der Waals surface area (Å²) in [6, 6.07) is 13.2. The molecule has 0 saturated carbocycles. The Bertz CT molecular complexity index is 722. The summed E-state index contributed by atoms with van der Waals surface area (Å²) in [5, 5.41) is 4.37. The predicted octanol–water partition coefficient (Wildman–Crippen LogP) is 5.51. The highest BCUT2D eigenvalue weighted by atomic mass is 35.5. The van der Waals surface area contributed by atoms with Crippen molar-refractivity contribution in [2.45, 2.75) is 32.1 Å². The summed E-state index contributed by atoms with van der Waals surface area (Å²) >= 11 is 13.7. The third-order valence-corrected chi connectivity index (χ3v) is 5.50. The van der Waals surface area contributed by atoms with Crippen LogP contribution in [0.25, 0.3) is 0 Å². The fourth-order valence-electron chi connectivity index (χ4n) is 2.31. The Morgan fingerprint density at radius 2 is 1.92 bits per heavy atom. The molecule has 6 heteroatoms. The van der Waals surface area contributed by atoms with Crippen molar-refractivity contribution < 1.29 is 9.53 Å². The van der Waals surface area contributed by atoms with Crippen LogP contribution in [0.1, 0.15) is 24.5 Å². The summed E-state index contributed by atoms with van der Waals surface area (Å²) in [5.41, 5.74) is 2.15. The molecule has 2 aromatic rings. The molecule has 0 saturated heterocycles. The fraction of sp³-hybridized carbons (Fsp3) is 0.350. The largest absolute Gasteiger partial charge is 0.481 e. The first-order chi connectivity index (χ1) is 12.5. The van der Waals surface area contributed by atoms with Crippen LogP contribution in [0, 0.1) is 6.92 Å². The van der Waals surface area contributed by atoms with Crippen LogP contribution in [0.3, 0.4) is 0 Å². The van der Waals surface area contributed by atoms with E-state index in [1.807, 2.05) is 44.2 Å². The minimum atomic E-state index is -0.503. The lowest BCUT2D eigenvalue weighted by molar-refractivity contribution is -0.127. The maximum absolute atomic E-state index is 12.3. The Morgan fingerprint density at radius 1 is 1.19 bits per heavy atom. The summed E-state index contributed by atoms with van der Waals surface area (Å²) < 4.78 is 5.81. The van der Waals surface area contributed by atoms with Gasteiger partial charge in [-0.25, -0.2) is 0 Å². The average molecular weight is 412 g/mol. The molecule has 0 heterocycles. The number of thioether (sulfide) groups is 1. The van der Waals surface area contributed by atoms with Gasteiger partial charge in [-0.15, -0.1) is 0 Å². The molecule has 2 rings (SSSR count). The maximum Gasteiger partial charge on any atom is 0.261 e. The highest BCUT2D eigenvalue weighted by molar-refractivity contribution is 7.98. The molecule has 0 bridgehead atoms. The molecule has 0 aliphatic heterocycles. The molecule has 0 spiro atoms. The highest BCUT2D eigenvalue weighted by Gasteiger charge is 2.18. The lowest BCUT2D eigenvalue weighted by atomic mass is 10.2. The van der Waals surface area contributed by atoms with Gasteiger partial charge in [0.05, 0.1) is 0 Å². The van der Waals surface area contributed by atoms with Gasteiger partial charge in [0, 0.05) is 28.1 Å². The molecule has 3 nitrogen and oxygen atoms in total. The van der Waals surface area contributed by atoms with E-state index >= 15 is 0 Å². The van der Waals surface area contributed by atoms with E-state index in [0.29, 0.717) is 23.7 Å². The van der Waals surface area contributed by atoms with Crippen molar-refractivity contribution in [3.63, 3.8) is 0 Å². The molecule has 2 aromatic carbocycles. The molecule has 0 aliphatic carbocycles. The zero-order chi connectivity index (χ0) is 18.9. The van der Waals surface area contributed by atoms with E-state index in [0.717, 1.165) is 22.1 Å². The molecular formula is C20H23Cl2NO2S. The maximum atomic E-state index is 12.3. The highest BCUT2D eigenvalue weighted by Crippen LogP contribution is 2.22. The van der Waals surface area contributed by atoms with Gasteiger partial charge in [-0.2, -0.15) is 11.8 Å². The number of nitrogens with one attached hydrogen (secondary N) is 1. The molecule has 26 heavy (non-hydrogen) atoms. The normalized spacial score (nSPS) is 11.8. The summed E-state index contributed by atoms with van der Waals surface area (Å²) in [4.78, 5) is 12.3. The summed E-state index contributed by atoms with van der Waals surface area (Å²) in [6.07, 6.45) is 0.0997. The monoisotopic (exact) mass is 411 g/mol. The third kappa shape index (κ3) is 6.75. The quantitative estimate of drug-likeness (QED) is 0.552. The van der Waals surface area contributed by atoms with E-state index in [9.17, 15) is 4.79 Å². The van der Waals surface area contributed by atoms with Crippen LogP contribution >= 0.6 is 35.0 Å². The zero-order valence-corrected chi connectivity index (χ0v) is 17.3. The van der Waals surface area contributed by atoms with Gasteiger partial charge in [-0.05, 0) is 54.8 Å². The van der Waals surface area contributed by atoms with Crippen LogP contribution in [0.5, 0.6) is 5.75 Å². The van der Waals surface area contributed by atoms with Gasteiger partial charge in [-0.3, -0.25) is 4.79 Å². The molecule has 1 N–H and O–H groups in total. The molecule has 140 valence electrons. The molecule has 1 atom stereocenters. The van der Waals surface area contributed by atoms with Crippen molar-refractivity contribution in [1.29, 1.82) is 0 Å². The van der Waals surface area contributed by atoms with Gasteiger partial charge in [0.1, 0.15) is 5.75 Å². The average Bonchev–Trinajstić information content (AvgIpc) is 2.63. The summed E-state index contributed by atoms with van der Waals surface area (Å²) in [7, 11) is 0. The second-order valence-electron chi connectivity index (χ2n) is 5.90. The summed E-state index contributed by atoms with van der Waals surface area (Å²) in [6.45, 7) is 4.45. The molecular weight excluding hydrogens is 389 g/mol. The number of halogens is 2. The Balaban J connectivity index is 1.72. The number of carbonyl (C=O) groups excluding carboxylic acids is 1. The van der Waals surface area contributed by atoms with E-state index in [1.165, 1.54) is 5.56 Å². The van der Waals surface area contributed by atoms with E-state index in [2.05, 4.69) is 5.32 Å². The van der Waals surface area contributed by atoms with Crippen LogP contribution in [0.2, 0.25) is 10.0 Å². The van der Waals surface area contributed by atoms with Crippen molar-refractivity contribution in [2.24, 2.45) is 0 Å². The molecule has 0 fully saturated rings. The Hall–Kier alpha value is -1.36. The van der Waals surface area contributed by atoms with Crippen molar-refractivity contribution in [2.75, 3.05) is 12.3 Å². The van der Waals surface area contributed by atoms with Gasteiger partial charge in [0.25, 0.3) is 5.91 Å². The number of hydrogen-bond donors (Lipinski definition) is 1. The van der Waals surface area contributed by atoms with Gasteiger partial charge in [0.2, 0.25) is 0 Å². The SMILES string of the molecule is CCC(Oc1ccc(Cl)c(C)c1)C(=O)NCCSCc1ccc(Cl)cc1. The predicted molar refractivity (Wildman–Crippen MR) is 112 cm³/mol. The number of amides is 1. The van der Waals surface area contributed by atoms with Crippen LogP contribution < -0.4 is 10.1 Å². The van der Waals surface area contributed by atoms with Crippen molar-refractivity contribution in [1.82, 2.24) is 5.32 Å². The Labute approximate surface area is 169 Å².